The summed E-state index contributed by atoms with van der Waals surface area (Å²) >= 11 is 1.66. The van der Waals surface area contributed by atoms with Crippen molar-refractivity contribution in [3.63, 3.8) is 0 Å². The van der Waals surface area contributed by atoms with Crippen LogP contribution in [0.5, 0.6) is 5.75 Å². The van der Waals surface area contributed by atoms with Gasteiger partial charge in [0.15, 0.2) is 0 Å². The highest BCUT2D eigenvalue weighted by Crippen LogP contribution is 2.26. The van der Waals surface area contributed by atoms with Crippen molar-refractivity contribution < 1.29 is 17.9 Å². The molecule has 0 spiro atoms. The Labute approximate surface area is 159 Å². The highest BCUT2D eigenvalue weighted by Gasteiger charge is 2.32. The van der Waals surface area contributed by atoms with Gasteiger partial charge in [-0.15, -0.1) is 11.3 Å². The summed E-state index contributed by atoms with van der Waals surface area (Å²) in [6.07, 6.45) is 2.20. The second kappa shape index (κ2) is 8.99. The maximum Gasteiger partial charge on any atom is 0.243 e. The summed E-state index contributed by atoms with van der Waals surface area (Å²) in [5.74, 6) is 0.683. The van der Waals surface area contributed by atoms with Crippen molar-refractivity contribution in [2.45, 2.75) is 37.1 Å². The first-order valence-corrected chi connectivity index (χ1v) is 11.3. The van der Waals surface area contributed by atoms with Crippen LogP contribution in [0, 0.1) is 0 Å². The van der Waals surface area contributed by atoms with E-state index < -0.39 is 10.0 Å². The molecule has 0 aliphatic carbocycles. The Bertz CT molecular complexity index is 766. The molecule has 1 aliphatic heterocycles. The van der Waals surface area contributed by atoms with Crippen LogP contribution in [-0.2, 0) is 21.2 Å². The average molecular weight is 396 g/mol. The summed E-state index contributed by atoms with van der Waals surface area (Å²) in [4.78, 5) is 1.52. The van der Waals surface area contributed by atoms with Gasteiger partial charge in [0, 0.05) is 30.7 Å². The van der Waals surface area contributed by atoms with Gasteiger partial charge in [-0.3, -0.25) is 0 Å². The minimum Gasteiger partial charge on any atom is -0.494 e. The van der Waals surface area contributed by atoms with Crippen LogP contribution in [0.1, 0.15) is 24.6 Å². The molecule has 7 heteroatoms. The molecule has 0 amide bonds. The smallest absolute Gasteiger partial charge is 0.243 e. The third-order valence-corrected chi connectivity index (χ3v) is 7.40. The molecule has 2 heterocycles. The number of rotatable bonds is 8. The molecule has 1 aromatic heterocycles. The Hall–Kier alpha value is -1.41. The quantitative estimate of drug-likeness (QED) is 0.686. The molecule has 3 rings (SSSR count). The van der Waals surface area contributed by atoms with Gasteiger partial charge >= 0.3 is 0 Å². The molecule has 0 N–H and O–H groups in total. The number of nitrogens with zero attached hydrogens (tertiary/aromatic N) is 1. The normalized spacial score (nSPS) is 16.1. The van der Waals surface area contributed by atoms with Crippen molar-refractivity contribution in [2.24, 2.45) is 0 Å². The molecule has 1 fully saturated rings. The first kappa shape index (κ1) is 19.4. The largest absolute Gasteiger partial charge is 0.494 e. The summed E-state index contributed by atoms with van der Waals surface area (Å²) in [6.45, 7) is 4.17. The van der Waals surface area contributed by atoms with Gasteiger partial charge in [-0.1, -0.05) is 6.07 Å². The Morgan fingerprint density at radius 1 is 1.19 bits per heavy atom. The lowest BCUT2D eigenvalue weighted by atomic mass is 10.1. The van der Waals surface area contributed by atoms with Crippen molar-refractivity contribution in [2.75, 3.05) is 26.4 Å². The maximum absolute atomic E-state index is 13.3. The van der Waals surface area contributed by atoms with Gasteiger partial charge in [-0.2, -0.15) is 4.31 Å². The predicted octanol–water partition coefficient (Wildman–Crippen LogP) is 3.56. The Kier molecular flexibility index (Phi) is 6.69. The molecule has 0 saturated carbocycles. The molecule has 26 heavy (non-hydrogen) atoms. The standard InChI is InChI=1S/C19H25NO4S2/c1-2-24-17-5-7-19(8-6-17)26(21,22)20(16-10-13-23-14-11-16)12-9-18-4-3-15-25-18/h3-8,15-16H,2,9-14H2,1H3. The lowest BCUT2D eigenvalue weighted by Crippen LogP contribution is -2.44. The lowest BCUT2D eigenvalue weighted by molar-refractivity contribution is 0.0587. The van der Waals surface area contributed by atoms with Crippen molar-refractivity contribution in [1.82, 2.24) is 4.31 Å². The minimum atomic E-state index is -3.56. The van der Waals surface area contributed by atoms with Crippen molar-refractivity contribution in [3.05, 3.63) is 46.7 Å². The summed E-state index contributed by atoms with van der Waals surface area (Å²) in [5, 5.41) is 2.02. The molecule has 1 aromatic carbocycles. The molecular formula is C19H25NO4S2. The van der Waals surface area contributed by atoms with E-state index in [0.717, 1.165) is 19.3 Å². The van der Waals surface area contributed by atoms with Crippen LogP contribution >= 0.6 is 11.3 Å². The van der Waals surface area contributed by atoms with Crippen LogP contribution < -0.4 is 4.74 Å². The van der Waals surface area contributed by atoms with Crippen LogP contribution in [0.2, 0.25) is 0 Å². The molecule has 142 valence electrons. The van der Waals surface area contributed by atoms with Gasteiger partial charge in [-0.05, 0) is 61.9 Å². The van der Waals surface area contributed by atoms with Crippen LogP contribution in [0.4, 0.5) is 0 Å². The minimum absolute atomic E-state index is 0.0136. The number of thiophene rings is 1. The number of benzene rings is 1. The fourth-order valence-electron chi connectivity index (χ4n) is 3.16. The van der Waals surface area contributed by atoms with Gasteiger partial charge in [0.25, 0.3) is 0 Å². The van der Waals surface area contributed by atoms with E-state index in [9.17, 15) is 8.42 Å². The SMILES string of the molecule is CCOc1ccc(S(=O)(=O)N(CCc2cccs2)C2CCOCC2)cc1. The third kappa shape index (κ3) is 4.65. The number of hydrogen-bond acceptors (Lipinski definition) is 5. The highest BCUT2D eigenvalue weighted by atomic mass is 32.2. The summed E-state index contributed by atoms with van der Waals surface area (Å²) in [6, 6.07) is 10.8. The first-order valence-electron chi connectivity index (χ1n) is 8.96. The zero-order valence-corrected chi connectivity index (χ0v) is 16.6. The van der Waals surface area contributed by atoms with Crippen LogP contribution in [0.25, 0.3) is 0 Å². The van der Waals surface area contributed by atoms with Gasteiger partial charge in [0.05, 0.1) is 11.5 Å². The van der Waals surface area contributed by atoms with Gasteiger partial charge in [-0.25, -0.2) is 8.42 Å². The zero-order chi connectivity index (χ0) is 18.4. The number of sulfonamides is 1. The van der Waals surface area contributed by atoms with Crippen molar-refractivity contribution >= 4 is 21.4 Å². The predicted molar refractivity (Wildman–Crippen MR) is 103 cm³/mol. The van der Waals surface area contributed by atoms with E-state index in [2.05, 4.69) is 6.07 Å². The Morgan fingerprint density at radius 2 is 1.92 bits per heavy atom. The molecule has 1 saturated heterocycles. The highest BCUT2D eigenvalue weighted by molar-refractivity contribution is 7.89. The molecule has 2 aromatic rings. The number of hydrogen-bond donors (Lipinski definition) is 0. The summed E-state index contributed by atoms with van der Waals surface area (Å²) < 4.78 is 39.1. The lowest BCUT2D eigenvalue weighted by Gasteiger charge is -2.33. The zero-order valence-electron chi connectivity index (χ0n) is 15.0. The molecule has 0 bridgehead atoms. The van der Waals surface area contributed by atoms with Crippen LogP contribution in [0.15, 0.2) is 46.7 Å². The fourth-order valence-corrected chi connectivity index (χ4v) is 5.54. The second-order valence-corrected chi connectivity index (χ2v) is 9.12. The van der Waals surface area contributed by atoms with Crippen molar-refractivity contribution in [3.8, 4) is 5.75 Å². The average Bonchev–Trinajstić information content (AvgIpc) is 3.17. The topological polar surface area (TPSA) is 55.8 Å². The Morgan fingerprint density at radius 3 is 2.54 bits per heavy atom. The molecule has 0 atom stereocenters. The monoisotopic (exact) mass is 395 g/mol. The molecule has 1 aliphatic rings. The van der Waals surface area contributed by atoms with Crippen LogP contribution in [-0.4, -0.2) is 45.1 Å². The van der Waals surface area contributed by atoms with Crippen LogP contribution in [0.3, 0.4) is 0 Å². The molecule has 5 nitrogen and oxygen atoms in total. The Balaban J connectivity index is 1.82. The van der Waals surface area contributed by atoms with E-state index >= 15 is 0 Å². The molecule has 0 unspecified atom stereocenters. The van der Waals surface area contributed by atoms with Gasteiger partial charge in [0.1, 0.15) is 5.75 Å². The van der Waals surface area contributed by atoms with Gasteiger partial charge < -0.3 is 9.47 Å². The molecule has 0 radical (unpaired) electrons. The first-order chi connectivity index (χ1) is 12.6. The summed E-state index contributed by atoms with van der Waals surface area (Å²) in [7, 11) is -3.56. The van der Waals surface area contributed by atoms with Crippen molar-refractivity contribution in [1.29, 1.82) is 0 Å². The van der Waals surface area contributed by atoms with E-state index in [1.54, 1.807) is 39.9 Å². The molecular weight excluding hydrogens is 370 g/mol. The van der Waals surface area contributed by atoms with Gasteiger partial charge in [0.2, 0.25) is 10.0 Å². The van der Waals surface area contributed by atoms with E-state index in [1.807, 2.05) is 18.4 Å². The van der Waals surface area contributed by atoms with E-state index in [-0.39, 0.29) is 6.04 Å². The number of ether oxygens (including phenoxy) is 2. The summed E-state index contributed by atoms with van der Waals surface area (Å²) in [5.41, 5.74) is 0. The fraction of sp³-hybridized carbons (Fsp3) is 0.474. The van der Waals surface area contributed by atoms with E-state index in [4.69, 9.17) is 9.47 Å². The maximum atomic E-state index is 13.3. The second-order valence-electron chi connectivity index (χ2n) is 6.19. The third-order valence-electron chi connectivity index (χ3n) is 4.50. The van der Waals surface area contributed by atoms with E-state index in [0.29, 0.717) is 37.0 Å². The van der Waals surface area contributed by atoms with E-state index in [1.165, 1.54) is 4.88 Å².